The number of amides is 1. The van der Waals surface area contributed by atoms with Crippen molar-refractivity contribution in [3.05, 3.63) is 64.0 Å². The summed E-state index contributed by atoms with van der Waals surface area (Å²) in [5, 5.41) is 15.0. The third-order valence-electron chi connectivity index (χ3n) is 7.89. The molecule has 3 heterocycles. The number of fused-ring (bicyclic) bond motifs is 2. The highest BCUT2D eigenvalue weighted by Crippen LogP contribution is 2.40. The second kappa shape index (κ2) is 13.5. The predicted octanol–water partition coefficient (Wildman–Crippen LogP) is 5.62. The Kier molecular flexibility index (Phi) is 10.9. The average molecular weight is 581 g/mol. The zero-order chi connectivity index (χ0) is 25.2. The molecule has 1 unspecified atom stereocenters. The molecule has 2 aliphatic rings. The van der Waals surface area contributed by atoms with Crippen LogP contribution < -0.4 is 11.1 Å². The predicted molar refractivity (Wildman–Crippen MR) is 160 cm³/mol. The van der Waals surface area contributed by atoms with Crippen molar-refractivity contribution in [3.63, 3.8) is 0 Å². The number of aromatic hydroxyl groups is 1. The summed E-state index contributed by atoms with van der Waals surface area (Å²) < 4.78 is 7.58. The van der Waals surface area contributed by atoms with E-state index in [0.717, 1.165) is 77.0 Å². The van der Waals surface area contributed by atoms with Gasteiger partial charge in [0.25, 0.3) is 5.91 Å². The van der Waals surface area contributed by atoms with E-state index < -0.39 is 0 Å². The molecule has 1 aromatic heterocycles. The Hall–Kier alpha value is -1.87. The fourth-order valence-electron chi connectivity index (χ4n) is 5.66. The lowest BCUT2D eigenvalue weighted by molar-refractivity contribution is -0.0647. The third kappa shape index (κ3) is 6.64. The van der Waals surface area contributed by atoms with Gasteiger partial charge in [0, 0.05) is 35.8 Å². The van der Waals surface area contributed by atoms with Gasteiger partial charge in [0.05, 0.1) is 17.1 Å². The minimum atomic E-state index is -0.145. The number of halogens is 2. The van der Waals surface area contributed by atoms with Crippen LogP contribution in [0.4, 0.5) is 0 Å². The Morgan fingerprint density at radius 3 is 2.66 bits per heavy atom. The summed E-state index contributed by atoms with van der Waals surface area (Å²) in [6, 6.07) is 14.2. The Morgan fingerprint density at radius 2 is 1.95 bits per heavy atom. The molecule has 1 fully saturated rings. The molecule has 4 N–H and O–H groups in total. The van der Waals surface area contributed by atoms with Crippen LogP contribution in [0.2, 0.25) is 0 Å². The number of hydrogen-bond acceptors (Lipinski definition) is 6. The van der Waals surface area contributed by atoms with Crippen LogP contribution in [0.25, 0.3) is 10.1 Å². The maximum Gasteiger partial charge on any atom is 0.261 e. The van der Waals surface area contributed by atoms with Crippen LogP contribution in [0.15, 0.2) is 42.5 Å². The number of nitrogens with zero attached hydrogens (tertiary/aromatic N) is 1. The van der Waals surface area contributed by atoms with Crippen molar-refractivity contribution >= 4 is 52.1 Å². The molecule has 1 saturated heterocycles. The van der Waals surface area contributed by atoms with Gasteiger partial charge in [0.1, 0.15) is 5.75 Å². The number of rotatable bonds is 7. The highest BCUT2D eigenvalue weighted by atomic mass is 35.5. The number of hydrogen-bond donors (Lipinski definition) is 3. The van der Waals surface area contributed by atoms with Crippen LogP contribution in [0.3, 0.4) is 0 Å². The van der Waals surface area contributed by atoms with E-state index in [1.54, 1.807) is 11.3 Å². The van der Waals surface area contributed by atoms with Crippen LogP contribution in [-0.4, -0.2) is 54.2 Å². The molecule has 6 nitrogen and oxygen atoms in total. The summed E-state index contributed by atoms with van der Waals surface area (Å²) in [5.74, 6) is 0.891. The minimum Gasteiger partial charge on any atom is -0.507 e. The number of phenolic OH excluding ortho intramolecular Hbond substituents is 1. The van der Waals surface area contributed by atoms with Gasteiger partial charge in [-0.05, 0) is 80.8 Å². The maximum atomic E-state index is 12.7. The number of nitrogens with two attached hydrogens (primary N) is 1. The Balaban J connectivity index is 0.00000200. The molecule has 0 radical (unpaired) electrons. The van der Waals surface area contributed by atoms with Gasteiger partial charge < -0.3 is 25.8 Å². The molecule has 38 heavy (non-hydrogen) atoms. The molecule has 5 rings (SSSR count). The zero-order valence-corrected chi connectivity index (χ0v) is 24.5. The van der Waals surface area contributed by atoms with Crippen LogP contribution in [0.5, 0.6) is 5.75 Å². The number of benzene rings is 2. The molecule has 2 aliphatic heterocycles. The fraction of sp³-hybridized carbons (Fsp3) is 0.483. The first kappa shape index (κ1) is 30.7. The van der Waals surface area contributed by atoms with Gasteiger partial charge in [0.15, 0.2) is 0 Å². The van der Waals surface area contributed by atoms with E-state index in [1.165, 1.54) is 0 Å². The molecule has 2 aromatic carbocycles. The Bertz CT molecular complexity index is 1200. The van der Waals surface area contributed by atoms with Crippen molar-refractivity contribution in [2.75, 3.05) is 26.2 Å². The number of ether oxygens (including phenoxy) is 1. The Labute approximate surface area is 241 Å². The summed E-state index contributed by atoms with van der Waals surface area (Å²) >= 11 is 1.55. The van der Waals surface area contributed by atoms with Crippen LogP contribution in [0, 0.1) is 12.8 Å². The molecule has 0 spiro atoms. The van der Waals surface area contributed by atoms with E-state index in [4.69, 9.17) is 10.5 Å². The topological polar surface area (TPSA) is 87.8 Å². The van der Waals surface area contributed by atoms with E-state index in [0.29, 0.717) is 18.2 Å². The molecular weight excluding hydrogens is 541 g/mol. The van der Waals surface area contributed by atoms with E-state index in [2.05, 4.69) is 29.3 Å². The quantitative estimate of drug-likeness (QED) is 0.338. The summed E-state index contributed by atoms with van der Waals surface area (Å²) in [5.41, 5.74) is 9.01. The second-order valence-corrected chi connectivity index (χ2v) is 11.5. The molecule has 0 bridgehead atoms. The van der Waals surface area contributed by atoms with Gasteiger partial charge in [-0.3, -0.25) is 4.79 Å². The molecule has 3 atom stereocenters. The number of piperidine rings is 1. The standard InChI is InChI=1S/C29H37N3O3S.2ClH/c1-18-7-8-22-23(28(18)33)16-24(35-25(22)17-30)20-10-13-32(14-11-20)12-9-19(2)31-29(34)27-15-21-5-3-4-6-26(21)36-27;;/h3-8,15,19-20,24-25,33H,9-14,16-17,30H2,1-2H3,(H,31,34);2*1H/t19?,24-,25-;;/m0../s1. The number of likely N-dealkylation sites (tertiary alicyclic amines) is 1. The van der Waals surface area contributed by atoms with Gasteiger partial charge in [-0.1, -0.05) is 30.3 Å². The first-order chi connectivity index (χ1) is 17.4. The monoisotopic (exact) mass is 579 g/mol. The molecule has 0 saturated carbocycles. The average Bonchev–Trinajstić information content (AvgIpc) is 3.34. The lowest BCUT2D eigenvalue weighted by Gasteiger charge is -2.40. The third-order valence-corrected chi connectivity index (χ3v) is 9.00. The Morgan fingerprint density at radius 1 is 1.21 bits per heavy atom. The number of aryl methyl sites for hydroxylation is 1. The fourth-order valence-corrected chi connectivity index (χ4v) is 6.63. The lowest BCUT2D eigenvalue weighted by atomic mass is 9.83. The van der Waals surface area contributed by atoms with E-state index in [9.17, 15) is 9.90 Å². The smallest absolute Gasteiger partial charge is 0.261 e. The first-order valence-electron chi connectivity index (χ1n) is 13.1. The number of nitrogens with one attached hydrogen (secondary N) is 1. The van der Waals surface area contributed by atoms with Crippen molar-refractivity contribution in [1.82, 2.24) is 10.2 Å². The molecule has 208 valence electrons. The molecule has 9 heteroatoms. The normalized spacial score (nSPS) is 20.7. The van der Waals surface area contributed by atoms with Crippen molar-refractivity contribution in [1.29, 1.82) is 0 Å². The first-order valence-corrected chi connectivity index (χ1v) is 13.9. The van der Waals surface area contributed by atoms with Gasteiger partial charge in [-0.25, -0.2) is 0 Å². The lowest BCUT2D eigenvalue weighted by Crippen LogP contribution is -2.43. The van der Waals surface area contributed by atoms with Crippen molar-refractivity contribution < 1.29 is 14.6 Å². The van der Waals surface area contributed by atoms with Crippen LogP contribution in [0.1, 0.15) is 58.7 Å². The van der Waals surface area contributed by atoms with Gasteiger partial charge >= 0.3 is 0 Å². The van der Waals surface area contributed by atoms with Crippen LogP contribution in [-0.2, 0) is 11.2 Å². The SMILES string of the molecule is Cc1ccc2c(c1O)C[C@@H](C1CCN(CCC(C)NC(=O)c3cc4ccccc4s3)CC1)O[C@H]2CN.Cl.Cl. The van der Waals surface area contributed by atoms with Crippen LogP contribution >= 0.6 is 36.2 Å². The van der Waals surface area contributed by atoms with Crippen molar-refractivity contribution in [3.8, 4) is 5.75 Å². The molecule has 0 aliphatic carbocycles. The van der Waals surface area contributed by atoms with Gasteiger partial charge in [-0.15, -0.1) is 36.2 Å². The molecule has 1 amide bonds. The second-order valence-electron chi connectivity index (χ2n) is 10.4. The summed E-state index contributed by atoms with van der Waals surface area (Å²) in [6.07, 6.45) is 3.79. The molecular formula is C29H39Cl2N3O3S. The van der Waals surface area contributed by atoms with Crippen molar-refractivity contribution in [2.45, 2.75) is 57.8 Å². The number of carbonyl (C=O) groups is 1. The minimum absolute atomic E-state index is 0. The highest BCUT2D eigenvalue weighted by Gasteiger charge is 2.35. The molecule has 3 aromatic rings. The summed E-state index contributed by atoms with van der Waals surface area (Å²) in [7, 11) is 0. The van der Waals surface area contributed by atoms with Gasteiger partial charge in [-0.2, -0.15) is 0 Å². The maximum absolute atomic E-state index is 12.7. The largest absolute Gasteiger partial charge is 0.507 e. The van der Waals surface area contributed by atoms with Gasteiger partial charge in [0.2, 0.25) is 0 Å². The summed E-state index contributed by atoms with van der Waals surface area (Å²) in [6.45, 7) is 7.49. The highest BCUT2D eigenvalue weighted by molar-refractivity contribution is 7.20. The number of phenols is 1. The zero-order valence-electron chi connectivity index (χ0n) is 22.0. The van der Waals surface area contributed by atoms with E-state index in [1.807, 2.05) is 37.3 Å². The number of thiophene rings is 1. The van der Waals surface area contributed by atoms with E-state index in [-0.39, 0.29) is 49.0 Å². The number of carbonyl (C=O) groups excluding carboxylic acids is 1. The van der Waals surface area contributed by atoms with Crippen molar-refractivity contribution in [2.24, 2.45) is 11.7 Å². The summed E-state index contributed by atoms with van der Waals surface area (Å²) in [4.78, 5) is 16.0. The van der Waals surface area contributed by atoms with E-state index >= 15 is 0 Å².